The zero-order chi connectivity index (χ0) is 17.1. The largest absolute Gasteiger partial charge is 0.450 e. The lowest BCUT2D eigenvalue weighted by atomic mass is 9.77. The van der Waals surface area contributed by atoms with Crippen LogP contribution in [-0.2, 0) is 14.3 Å². The number of non-ortho nitro benzene ring substituents is 1. The van der Waals surface area contributed by atoms with Gasteiger partial charge in [-0.1, -0.05) is 25.5 Å². The van der Waals surface area contributed by atoms with Crippen LogP contribution in [0.4, 0.5) is 5.69 Å². The summed E-state index contributed by atoms with van der Waals surface area (Å²) in [6.07, 6.45) is 4.14. The number of carbonyl (C=O) groups excluding carboxylic acids is 2. The van der Waals surface area contributed by atoms with Crippen molar-refractivity contribution in [1.82, 2.24) is 0 Å². The fourth-order valence-electron chi connectivity index (χ4n) is 4.81. The number of carbonyl (C=O) groups is 2. The first-order valence-electron chi connectivity index (χ1n) is 8.46. The minimum Gasteiger partial charge on any atom is -0.450 e. The molecule has 1 aromatic carbocycles. The number of ketones is 1. The molecule has 126 valence electrons. The van der Waals surface area contributed by atoms with Crippen molar-refractivity contribution in [3.8, 4) is 0 Å². The van der Waals surface area contributed by atoms with Gasteiger partial charge < -0.3 is 4.74 Å². The SMILES string of the molecule is C[C@H]1[C@H](c2ccc([N+](=O)[O-])cc2)C12C(=O)OC1(CCCCC1)C2=O. The standard InChI is InChI=1S/C18H19NO5/c1-11-14(12-5-7-13(8-6-12)19(22)23)18(11)15(20)17(24-16(18)21)9-3-2-4-10-17/h5-8,11,14H,2-4,9-10H2,1H3/t11-,14+,18?/m0/s1. The number of benzene rings is 1. The molecule has 6 nitrogen and oxygen atoms in total. The molecule has 24 heavy (non-hydrogen) atoms. The lowest BCUT2D eigenvalue weighted by Crippen LogP contribution is -2.40. The summed E-state index contributed by atoms with van der Waals surface area (Å²) in [5, 5.41) is 10.8. The molecule has 4 rings (SSSR count). The molecule has 1 saturated heterocycles. The van der Waals surface area contributed by atoms with Crippen molar-refractivity contribution in [3.05, 3.63) is 39.9 Å². The minimum atomic E-state index is -1.08. The smallest absolute Gasteiger partial charge is 0.321 e. The average molecular weight is 329 g/mol. The van der Waals surface area contributed by atoms with Crippen molar-refractivity contribution in [3.63, 3.8) is 0 Å². The number of rotatable bonds is 2. The first-order valence-corrected chi connectivity index (χ1v) is 8.46. The van der Waals surface area contributed by atoms with Crippen LogP contribution in [0.25, 0.3) is 0 Å². The Morgan fingerprint density at radius 3 is 2.33 bits per heavy atom. The summed E-state index contributed by atoms with van der Waals surface area (Å²) in [5.41, 5.74) is -1.19. The van der Waals surface area contributed by atoms with E-state index in [1.54, 1.807) is 12.1 Å². The highest BCUT2D eigenvalue weighted by Crippen LogP contribution is 2.70. The summed E-state index contributed by atoms with van der Waals surface area (Å²) < 4.78 is 5.67. The third-order valence-electron chi connectivity index (χ3n) is 6.14. The Labute approximate surface area is 139 Å². The van der Waals surface area contributed by atoms with Gasteiger partial charge in [-0.15, -0.1) is 0 Å². The van der Waals surface area contributed by atoms with Crippen LogP contribution in [-0.4, -0.2) is 22.3 Å². The fraction of sp³-hybridized carbons (Fsp3) is 0.556. The number of nitrogens with zero attached hydrogens (tertiary/aromatic N) is 1. The molecule has 1 unspecified atom stereocenters. The Bertz CT molecular complexity index is 734. The predicted octanol–water partition coefficient (Wildman–Crippen LogP) is 3.14. The van der Waals surface area contributed by atoms with Gasteiger partial charge in [0, 0.05) is 18.1 Å². The van der Waals surface area contributed by atoms with Crippen molar-refractivity contribution in [2.24, 2.45) is 11.3 Å². The molecule has 3 fully saturated rings. The predicted molar refractivity (Wildman–Crippen MR) is 84.3 cm³/mol. The molecule has 2 spiro atoms. The molecule has 1 heterocycles. The highest BCUT2D eigenvalue weighted by atomic mass is 16.6. The summed E-state index contributed by atoms with van der Waals surface area (Å²) in [6.45, 7) is 1.90. The Morgan fingerprint density at radius 1 is 1.12 bits per heavy atom. The molecule has 2 saturated carbocycles. The molecule has 0 N–H and O–H groups in total. The number of esters is 1. The third kappa shape index (κ3) is 1.77. The fourth-order valence-corrected chi connectivity index (χ4v) is 4.81. The van der Waals surface area contributed by atoms with E-state index in [4.69, 9.17) is 4.74 Å². The summed E-state index contributed by atoms with van der Waals surface area (Å²) in [7, 11) is 0. The maximum atomic E-state index is 13.2. The monoisotopic (exact) mass is 329 g/mol. The van der Waals surface area contributed by atoms with Crippen LogP contribution in [0.3, 0.4) is 0 Å². The van der Waals surface area contributed by atoms with Crippen LogP contribution in [0, 0.1) is 21.4 Å². The van der Waals surface area contributed by atoms with E-state index in [0.29, 0.717) is 12.8 Å². The van der Waals surface area contributed by atoms with Gasteiger partial charge in [0.15, 0.2) is 11.4 Å². The first kappa shape index (κ1) is 15.3. The minimum absolute atomic E-state index is 0.00480. The van der Waals surface area contributed by atoms with Gasteiger partial charge >= 0.3 is 5.97 Å². The van der Waals surface area contributed by atoms with Gasteiger partial charge in [-0.2, -0.15) is 0 Å². The molecule has 2 aliphatic carbocycles. The van der Waals surface area contributed by atoms with E-state index >= 15 is 0 Å². The maximum Gasteiger partial charge on any atom is 0.321 e. The van der Waals surface area contributed by atoms with Crippen molar-refractivity contribution >= 4 is 17.4 Å². The van der Waals surface area contributed by atoms with Crippen molar-refractivity contribution < 1.29 is 19.2 Å². The Balaban J connectivity index is 1.67. The molecule has 3 aliphatic rings. The van der Waals surface area contributed by atoms with Crippen LogP contribution >= 0.6 is 0 Å². The van der Waals surface area contributed by atoms with Crippen LogP contribution in [0.1, 0.15) is 50.5 Å². The lowest BCUT2D eigenvalue weighted by Gasteiger charge is -2.30. The van der Waals surface area contributed by atoms with E-state index in [1.807, 2.05) is 6.92 Å². The van der Waals surface area contributed by atoms with E-state index in [0.717, 1.165) is 24.8 Å². The number of nitro benzene ring substituents is 1. The molecular formula is C18H19NO5. The Hall–Kier alpha value is -2.24. The highest BCUT2D eigenvalue weighted by Gasteiger charge is 2.80. The number of Topliss-reactive ketones (excluding diaryl/α,β-unsaturated/α-hetero) is 1. The summed E-state index contributed by atoms with van der Waals surface area (Å²) in [5.74, 6) is -0.819. The van der Waals surface area contributed by atoms with E-state index in [9.17, 15) is 19.7 Å². The molecule has 3 atom stereocenters. The van der Waals surface area contributed by atoms with Gasteiger partial charge in [0.05, 0.1) is 4.92 Å². The second kappa shape index (κ2) is 4.88. The number of hydrogen-bond donors (Lipinski definition) is 0. The average Bonchev–Trinajstić information content (AvgIpc) is 3.15. The molecule has 1 aromatic rings. The van der Waals surface area contributed by atoms with Gasteiger partial charge in [0.25, 0.3) is 5.69 Å². The molecule has 6 heteroatoms. The molecule has 0 amide bonds. The molecule has 0 radical (unpaired) electrons. The first-order chi connectivity index (χ1) is 11.4. The van der Waals surface area contributed by atoms with E-state index < -0.39 is 21.9 Å². The van der Waals surface area contributed by atoms with Crippen molar-refractivity contribution in [1.29, 1.82) is 0 Å². The van der Waals surface area contributed by atoms with Crippen LogP contribution in [0.5, 0.6) is 0 Å². The maximum absolute atomic E-state index is 13.2. The molecule has 0 bridgehead atoms. The summed E-state index contributed by atoms with van der Waals surface area (Å²) in [6, 6.07) is 6.16. The van der Waals surface area contributed by atoms with Crippen LogP contribution < -0.4 is 0 Å². The van der Waals surface area contributed by atoms with Crippen molar-refractivity contribution in [2.45, 2.75) is 50.5 Å². The van der Waals surface area contributed by atoms with E-state index in [1.165, 1.54) is 12.1 Å². The van der Waals surface area contributed by atoms with Gasteiger partial charge in [-0.25, -0.2) is 0 Å². The van der Waals surface area contributed by atoms with Gasteiger partial charge in [-0.05, 0) is 37.2 Å². The van der Waals surface area contributed by atoms with Crippen LogP contribution in [0.2, 0.25) is 0 Å². The molecule has 1 aliphatic heterocycles. The van der Waals surface area contributed by atoms with Crippen molar-refractivity contribution in [2.75, 3.05) is 0 Å². The lowest BCUT2D eigenvalue weighted by molar-refractivity contribution is -0.384. The summed E-state index contributed by atoms with van der Waals surface area (Å²) >= 11 is 0. The highest BCUT2D eigenvalue weighted by molar-refractivity contribution is 6.17. The topological polar surface area (TPSA) is 86.5 Å². The van der Waals surface area contributed by atoms with E-state index in [2.05, 4.69) is 0 Å². The van der Waals surface area contributed by atoms with Gasteiger partial charge in [0.2, 0.25) is 0 Å². The zero-order valence-electron chi connectivity index (χ0n) is 13.5. The third-order valence-corrected chi connectivity index (χ3v) is 6.14. The normalized spacial score (nSPS) is 33.7. The quantitative estimate of drug-likeness (QED) is 0.360. The second-order valence-corrected chi connectivity index (χ2v) is 7.26. The van der Waals surface area contributed by atoms with Crippen LogP contribution in [0.15, 0.2) is 24.3 Å². The Morgan fingerprint density at radius 2 is 1.75 bits per heavy atom. The number of hydrogen-bond acceptors (Lipinski definition) is 5. The summed E-state index contributed by atoms with van der Waals surface area (Å²) in [4.78, 5) is 36.2. The molecule has 0 aromatic heterocycles. The van der Waals surface area contributed by atoms with Gasteiger partial charge in [0.1, 0.15) is 5.41 Å². The molecular weight excluding hydrogens is 310 g/mol. The Kier molecular flexibility index (Phi) is 3.11. The van der Waals surface area contributed by atoms with Gasteiger partial charge in [-0.3, -0.25) is 19.7 Å². The van der Waals surface area contributed by atoms with E-state index in [-0.39, 0.29) is 23.3 Å². The zero-order valence-corrected chi connectivity index (χ0v) is 13.5. The number of nitro groups is 1. The second-order valence-electron chi connectivity index (χ2n) is 7.26. The number of ether oxygens (including phenoxy) is 1.